The summed E-state index contributed by atoms with van der Waals surface area (Å²) >= 11 is 0. The first-order valence-electron chi connectivity index (χ1n) is 8.13. The number of amides is 1. The fourth-order valence-electron chi connectivity index (χ4n) is 2.75. The van der Waals surface area contributed by atoms with Crippen molar-refractivity contribution in [1.29, 1.82) is 0 Å². The van der Waals surface area contributed by atoms with E-state index in [4.69, 9.17) is 9.47 Å². The fourth-order valence-corrected chi connectivity index (χ4v) is 2.75. The zero-order chi connectivity index (χ0) is 18.4. The minimum Gasteiger partial charge on any atom is -0.493 e. The number of carbonyl (C=O) groups is 1. The van der Waals surface area contributed by atoms with Crippen LogP contribution in [-0.4, -0.2) is 56.9 Å². The fraction of sp³-hybridized carbons (Fsp3) is 0.588. The molecule has 0 aromatic heterocycles. The maximum atomic E-state index is 12.3. The van der Waals surface area contributed by atoms with Crippen molar-refractivity contribution in [2.24, 2.45) is 0 Å². The molecule has 140 valence electrons. The number of carbonyl (C=O) groups excluding carboxylic acids is 1. The summed E-state index contributed by atoms with van der Waals surface area (Å²) in [6.07, 6.45) is -2.64. The van der Waals surface area contributed by atoms with Crippen LogP contribution in [0.1, 0.15) is 18.4 Å². The van der Waals surface area contributed by atoms with E-state index >= 15 is 0 Å². The molecule has 1 N–H and O–H groups in total. The van der Waals surface area contributed by atoms with E-state index in [9.17, 15) is 18.0 Å². The number of benzene rings is 1. The van der Waals surface area contributed by atoms with Crippen LogP contribution in [0.2, 0.25) is 0 Å². The van der Waals surface area contributed by atoms with Crippen LogP contribution >= 0.6 is 0 Å². The molecule has 5 nitrogen and oxygen atoms in total. The molecule has 2 rings (SSSR count). The highest BCUT2D eigenvalue weighted by Crippen LogP contribution is 2.30. The third kappa shape index (κ3) is 5.81. The zero-order valence-corrected chi connectivity index (χ0v) is 14.4. The molecule has 1 aromatic carbocycles. The smallest absolute Gasteiger partial charge is 0.422 e. The lowest BCUT2D eigenvalue weighted by Gasteiger charge is -2.23. The number of alkyl halides is 3. The number of rotatable bonds is 7. The van der Waals surface area contributed by atoms with Gasteiger partial charge in [0.2, 0.25) is 5.91 Å². The Balaban J connectivity index is 1.92. The first-order valence-corrected chi connectivity index (χ1v) is 8.13. The van der Waals surface area contributed by atoms with Crippen LogP contribution in [0.3, 0.4) is 0 Å². The average molecular weight is 360 g/mol. The lowest BCUT2D eigenvalue weighted by Crippen LogP contribution is -2.38. The van der Waals surface area contributed by atoms with Gasteiger partial charge in [-0.1, -0.05) is 6.07 Å². The van der Waals surface area contributed by atoms with Gasteiger partial charge in [-0.3, -0.25) is 4.79 Å². The van der Waals surface area contributed by atoms with E-state index in [2.05, 4.69) is 5.32 Å². The minimum absolute atomic E-state index is 0.0315. The number of nitrogens with zero attached hydrogens (tertiary/aromatic N) is 1. The Morgan fingerprint density at radius 2 is 2.12 bits per heavy atom. The van der Waals surface area contributed by atoms with Crippen molar-refractivity contribution in [3.05, 3.63) is 23.8 Å². The van der Waals surface area contributed by atoms with Crippen LogP contribution in [0.25, 0.3) is 0 Å². The van der Waals surface area contributed by atoms with Crippen LogP contribution in [-0.2, 0) is 11.2 Å². The molecule has 0 bridgehead atoms. The van der Waals surface area contributed by atoms with Crippen molar-refractivity contribution in [3.63, 3.8) is 0 Å². The summed E-state index contributed by atoms with van der Waals surface area (Å²) in [6.45, 7) is 0.349. The van der Waals surface area contributed by atoms with E-state index in [1.807, 2.05) is 0 Å². The van der Waals surface area contributed by atoms with Crippen molar-refractivity contribution in [2.45, 2.75) is 31.5 Å². The van der Waals surface area contributed by atoms with Gasteiger partial charge in [0, 0.05) is 26.1 Å². The molecule has 1 saturated heterocycles. The molecule has 1 fully saturated rings. The monoisotopic (exact) mass is 360 g/mol. The van der Waals surface area contributed by atoms with Gasteiger partial charge in [-0.25, -0.2) is 0 Å². The SMILES string of the molecule is COc1cc(CCC(=O)N(C)C2CCNC2)ccc1OCC(F)(F)F. The maximum absolute atomic E-state index is 12.3. The van der Waals surface area contributed by atoms with Crippen LogP contribution in [0, 0.1) is 0 Å². The summed E-state index contributed by atoms with van der Waals surface area (Å²) in [7, 11) is 3.17. The van der Waals surface area contributed by atoms with Gasteiger partial charge < -0.3 is 19.7 Å². The number of nitrogens with one attached hydrogen (secondary N) is 1. The van der Waals surface area contributed by atoms with Gasteiger partial charge in [-0.15, -0.1) is 0 Å². The Hall–Kier alpha value is -1.96. The van der Waals surface area contributed by atoms with Crippen molar-refractivity contribution < 1.29 is 27.4 Å². The van der Waals surface area contributed by atoms with E-state index in [0.717, 1.165) is 25.1 Å². The zero-order valence-electron chi connectivity index (χ0n) is 14.4. The molecule has 1 heterocycles. The highest BCUT2D eigenvalue weighted by Gasteiger charge is 2.29. The second-order valence-electron chi connectivity index (χ2n) is 6.04. The predicted octanol–water partition coefficient (Wildman–Crippen LogP) is 2.39. The summed E-state index contributed by atoms with van der Waals surface area (Å²) < 4.78 is 46.6. The van der Waals surface area contributed by atoms with Gasteiger partial charge in [-0.05, 0) is 37.1 Å². The molecule has 1 aromatic rings. The molecule has 0 spiro atoms. The third-order valence-electron chi connectivity index (χ3n) is 4.22. The molecule has 1 aliphatic rings. The van der Waals surface area contributed by atoms with Crippen LogP contribution in [0.4, 0.5) is 13.2 Å². The van der Waals surface area contributed by atoms with Crippen LogP contribution in [0.15, 0.2) is 18.2 Å². The Morgan fingerprint density at radius 1 is 1.36 bits per heavy atom. The van der Waals surface area contributed by atoms with E-state index in [0.29, 0.717) is 12.8 Å². The highest BCUT2D eigenvalue weighted by molar-refractivity contribution is 5.76. The van der Waals surface area contributed by atoms with E-state index < -0.39 is 12.8 Å². The number of hydrogen-bond acceptors (Lipinski definition) is 4. The third-order valence-corrected chi connectivity index (χ3v) is 4.22. The van der Waals surface area contributed by atoms with Crippen molar-refractivity contribution >= 4 is 5.91 Å². The van der Waals surface area contributed by atoms with Gasteiger partial charge in [0.25, 0.3) is 0 Å². The van der Waals surface area contributed by atoms with Crippen LogP contribution in [0.5, 0.6) is 11.5 Å². The Bertz CT molecular complexity index is 587. The largest absolute Gasteiger partial charge is 0.493 e. The number of likely N-dealkylation sites (N-methyl/N-ethyl adjacent to an activating group) is 1. The Kier molecular flexibility index (Phi) is 6.52. The molecule has 0 aliphatic carbocycles. The normalized spacial score (nSPS) is 17.4. The molecule has 0 saturated carbocycles. The van der Waals surface area contributed by atoms with Crippen molar-refractivity contribution in [3.8, 4) is 11.5 Å². The lowest BCUT2D eigenvalue weighted by molar-refractivity contribution is -0.153. The number of halogens is 3. The molecular formula is C17H23F3N2O3. The van der Waals surface area contributed by atoms with E-state index in [1.54, 1.807) is 24.1 Å². The summed E-state index contributed by atoms with van der Waals surface area (Å²) in [5.74, 6) is 0.302. The van der Waals surface area contributed by atoms with Gasteiger partial charge in [0.1, 0.15) is 0 Å². The first-order chi connectivity index (χ1) is 11.8. The second-order valence-corrected chi connectivity index (χ2v) is 6.04. The summed E-state index contributed by atoms with van der Waals surface area (Å²) in [5.41, 5.74) is 0.808. The second kappa shape index (κ2) is 8.42. The molecule has 8 heteroatoms. The highest BCUT2D eigenvalue weighted by atomic mass is 19.4. The number of aryl methyl sites for hydroxylation is 1. The molecule has 1 aliphatic heterocycles. The molecule has 1 amide bonds. The van der Waals surface area contributed by atoms with Crippen molar-refractivity contribution in [2.75, 3.05) is 33.9 Å². The quantitative estimate of drug-likeness (QED) is 0.811. The maximum Gasteiger partial charge on any atom is 0.422 e. The molecule has 1 unspecified atom stereocenters. The van der Waals surface area contributed by atoms with Gasteiger partial charge >= 0.3 is 6.18 Å². The summed E-state index contributed by atoms with van der Waals surface area (Å²) in [6, 6.07) is 4.92. The minimum atomic E-state index is -4.41. The van der Waals surface area contributed by atoms with E-state index in [-0.39, 0.29) is 23.4 Å². The average Bonchev–Trinajstić information content (AvgIpc) is 3.11. The Morgan fingerprint density at radius 3 is 2.72 bits per heavy atom. The van der Waals surface area contributed by atoms with E-state index in [1.165, 1.54) is 13.2 Å². The Labute approximate surface area is 145 Å². The number of ether oxygens (including phenoxy) is 2. The van der Waals surface area contributed by atoms with Crippen molar-refractivity contribution in [1.82, 2.24) is 10.2 Å². The standard InChI is InChI=1S/C17H23F3N2O3/c1-22(13-7-8-21-10-13)16(23)6-4-12-3-5-14(15(9-12)24-2)25-11-17(18,19)20/h3,5,9,13,21H,4,6-8,10-11H2,1-2H3. The molecule has 25 heavy (non-hydrogen) atoms. The first kappa shape index (κ1) is 19.4. The molecule has 1 atom stereocenters. The topological polar surface area (TPSA) is 50.8 Å². The number of hydrogen-bond donors (Lipinski definition) is 1. The van der Waals surface area contributed by atoms with Crippen LogP contribution < -0.4 is 14.8 Å². The molecular weight excluding hydrogens is 337 g/mol. The lowest BCUT2D eigenvalue weighted by atomic mass is 10.1. The predicted molar refractivity (Wildman–Crippen MR) is 86.9 cm³/mol. The van der Waals surface area contributed by atoms with Gasteiger partial charge in [-0.2, -0.15) is 13.2 Å². The van der Waals surface area contributed by atoms with Gasteiger partial charge in [0.05, 0.1) is 7.11 Å². The molecule has 0 radical (unpaired) electrons. The summed E-state index contributed by atoms with van der Waals surface area (Å²) in [5, 5.41) is 3.22. The number of methoxy groups -OCH3 is 1. The summed E-state index contributed by atoms with van der Waals surface area (Å²) in [4.78, 5) is 14.0. The van der Waals surface area contributed by atoms with Gasteiger partial charge in [0.15, 0.2) is 18.1 Å².